The Bertz CT molecular complexity index is 501. The summed E-state index contributed by atoms with van der Waals surface area (Å²) in [5.74, 6) is 0.0966. The minimum atomic E-state index is -1.29. The lowest BCUT2D eigenvalue weighted by Crippen LogP contribution is -2.27. The van der Waals surface area contributed by atoms with Crippen LogP contribution in [0.25, 0.3) is 0 Å². The highest BCUT2D eigenvalue weighted by molar-refractivity contribution is 5.64. The first-order chi connectivity index (χ1) is 8.34. The molecule has 0 N–H and O–H groups in total. The van der Waals surface area contributed by atoms with E-state index < -0.39 is 16.7 Å². The number of hydrogen-bond donors (Lipinski definition) is 0. The van der Waals surface area contributed by atoms with E-state index in [9.17, 15) is 14.9 Å². The number of hydrogen-bond acceptors (Lipinski definition) is 6. The van der Waals surface area contributed by atoms with Crippen molar-refractivity contribution >= 4 is 11.8 Å². The van der Waals surface area contributed by atoms with Crippen molar-refractivity contribution in [3.05, 3.63) is 34.4 Å². The van der Waals surface area contributed by atoms with Gasteiger partial charge in [0.05, 0.1) is 4.92 Å². The maximum atomic E-state index is 11.3. The first kappa shape index (κ1) is 13.4. The average molecular weight is 250 g/mol. The van der Waals surface area contributed by atoms with Crippen molar-refractivity contribution in [3.63, 3.8) is 0 Å². The van der Waals surface area contributed by atoms with E-state index in [1.165, 1.54) is 38.1 Å². The largest absolute Gasteiger partial charge is 0.515 e. The van der Waals surface area contributed by atoms with Crippen LogP contribution < -0.4 is 4.74 Å². The van der Waals surface area contributed by atoms with Crippen LogP contribution in [0.3, 0.4) is 0 Å². The fourth-order valence-electron chi connectivity index (χ4n) is 0.984. The van der Waals surface area contributed by atoms with E-state index in [1.54, 1.807) is 6.07 Å². The van der Waals surface area contributed by atoms with Gasteiger partial charge in [0.15, 0.2) is 5.60 Å². The van der Waals surface area contributed by atoms with Crippen molar-refractivity contribution in [3.8, 4) is 11.8 Å². The molecule has 94 valence electrons. The standard InChI is InChI=1S/C11H10N2O5/c1-11(2,7-12)18-10(14)17-9-5-3-8(4-6-9)13(15)16/h3-6H,1-2H3. The number of benzene rings is 1. The number of nitro groups is 1. The summed E-state index contributed by atoms with van der Waals surface area (Å²) in [5, 5.41) is 19.0. The van der Waals surface area contributed by atoms with Crippen LogP contribution in [0.15, 0.2) is 24.3 Å². The van der Waals surface area contributed by atoms with E-state index in [0.29, 0.717) is 0 Å². The van der Waals surface area contributed by atoms with Crippen LogP contribution in [0, 0.1) is 21.4 Å². The minimum absolute atomic E-state index is 0.0966. The summed E-state index contributed by atoms with van der Waals surface area (Å²) in [6.45, 7) is 2.81. The van der Waals surface area contributed by atoms with Crippen molar-refractivity contribution in [2.75, 3.05) is 0 Å². The first-order valence-corrected chi connectivity index (χ1v) is 4.90. The van der Waals surface area contributed by atoms with Crippen LogP contribution in [0.4, 0.5) is 10.5 Å². The van der Waals surface area contributed by atoms with Crippen molar-refractivity contribution in [2.45, 2.75) is 19.4 Å². The molecule has 0 unspecified atom stereocenters. The molecular weight excluding hydrogens is 240 g/mol. The van der Waals surface area contributed by atoms with Crippen molar-refractivity contribution in [1.82, 2.24) is 0 Å². The third kappa shape index (κ3) is 3.75. The van der Waals surface area contributed by atoms with Gasteiger partial charge < -0.3 is 9.47 Å². The fraction of sp³-hybridized carbons (Fsp3) is 0.273. The molecule has 0 aromatic heterocycles. The lowest BCUT2D eigenvalue weighted by molar-refractivity contribution is -0.384. The second kappa shape index (κ2) is 5.14. The van der Waals surface area contributed by atoms with E-state index in [0.717, 1.165) is 0 Å². The Morgan fingerprint density at radius 2 is 1.94 bits per heavy atom. The van der Waals surface area contributed by atoms with Crippen LogP contribution in [0.1, 0.15) is 13.8 Å². The molecule has 0 atom stereocenters. The SMILES string of the molecule is CC(C)(C#N)OC(=O)Oc1ccc([N+](=O)[O-])cc1. The van der Waals surface area contributed by atoms with Crippen LogP contribution in [0.5, 0.6) is 5.75 Å². The number of non-ortho nitro benzene ring substituents is 1. The zero-order valence-corrected chi connectivity index (χ0v) is 9.75. The zero-order valence-electron chi connectivity index (χ0n) is 9.75. The molecule has 0 aliphatic heterocycles. The third-order valence-corrected chi connectivity index (χ3v) is 1.86. The summed E-state index contributed by atoms with van der Waals surface area (Å²) in [7, 11) is 0. The zero-order chi connectivity index (χ0) is 13.8. The van der Waals surface area contributed by atoms with E-state index in [1.807, 2.05) is 0 Å². The predicted octanol–water partition coefficient (Wildman–Crippen LogP) is 2.41. The molecule has 0 aliphatic carbocycles. The minimum Gasteiger partial charge on any atom is -0.413 e. The molecule has 0 fully saturated rings. The third-order valence-electron chi connectivity index (χ3n) is 1.86. The second-order valence-electron chi connectivity index (χ2n) is 3.83. The molecule has 0 radical (unpaired) electrons. The Kier molecular flexibility index (Phi) is 3.84. The molecule has 0 heterocycles. The van der Waals surface area contributed by atoms with Crippen molar-refractivity contribution in [2.24, 2.45) is 0 Å². The van der Waals surface area contributed by atoms with E-state index in [2.05, 4.69) is 0 Å². The van der Waals surface area contributed by atoms with Crippen LogP contribution in [-0.4, -0.2) is 16.7 Å². The Balaban J connectivity index is 2.66. The van der Waals surface area contributed by atoms with Gasteiger partial charge >= 0.3 is 6.16 Å². The van der Waals surface area contributed by atoms with Gasteiger partial charge in [0, 0.05) is 12.1 Å². The van der Waals surface area contributed by atoms with Gasteiger partial charge in [-0.15, -0.1) is 0 Å². The van der Waals surface area contributed by atoms with Gasteiger partial charge in [0.1, 0.15) is 11.8 Å². The van der Waals surface area contributed by atoms with Gasteiger partial charge in [-0.2, -0.15) is 5.26 Å². The molecule has 0 spiro atoms. The van der Waals surface area contributed by atoms with Crippen molar-refractivity contribution in [1.29, 1.82) is 5.26 Å². The van der Waals surface area contributed by atoms with E-state index in [-0.39, 0.29) is 11.4 Å². The molecule has 0 amide bonds. The van der Waals surface area contributed by atoms with Gasteiger partial charge in [0.2, 0.25) is 0 Å². The smallest absolute Gasteiger partial charge is 0.413 e. The maximum absolute atomic E-state index is 11.3. The molecule has 0 aliphatic rings. The van der Waals surface area contributed by atoms with Gasteiger partial charge in [-0.1, -0.05) is 0 Å². The summed E-state index contributed by atoms with van der Waals surface area (Å²) in [5.41, 5.74) is -1.41. The normalized spacial score (nSPS) is 10.3. The van der Waals surface area contributed by atoms with Gasteiger partial charge in [0.25, 0.3) is 5.69 Å². The molecule has 1 aromatic rings. The number of carbonyl (C=O) groups excluding carboxylic acids is 1. The molecule has 18 heavy (non-hydrogen) atoms. The summed E-state index contributed by atoms with van der Waals surface area (Å²) in [6.07, 6.45) is -1.05. The highest BCUT2D eigenvalue weighted by Crippen LogP contribution is 2.18. The van der Waals surface area contributed by atoms with Crippen LogP contribution in [-0.2, 0) is 4.74 Å². The average Bonchev–Trinajstić information content (AvgIpc) is 2.29. The Hall–Kier alpha value is -2.62. The molecule has 1 rings (SSSR count). The Labute approximate surface area is 103 Å². The Morgan fingerprint density at radius 1 is 1.39 bits per heavy atom. The van der Waals surface area contributed by atoms with Gasteiger partial charge in [-0.3, -0.25) is 10.1 Å². The summed E-state index contributed by atoms with van der Waals surface area (Å²) >= 11 is 0. The number of carbonyl (C=O) groups is 1. The maximum Gasteiger partial charge on any atom is 0.515 e. The summed E-state index contributed by atoms with van der Waals surface area (Å²) in [4.78, 5) is 21.1. The monoisotopic (exact) mass is 250 g/mol. The lowest BCUT2D eigenvalue weighted by Gasteiger charge is -2.15. The number of rotatable bonds is 3. The van der Waals surface area contributed by atoms with Crippen LogP contribution in [0.2, 0.25) is 0 Å². The highest BCUT2D eigenvalue weighted by Gasteiger charge is 2.23. The molecular formula is C11H10N2O5. The summed E-state index contributed by atoms with van der Waals surface area (Å²) < 4.78 is 9.46. The lowest BCUT2D eigenvalue weighted by atomic mass is 10.2. The fourth-order valence-corrected chi connectivity index (χ4v) is 0.984. The van der Waals surface area contributed by atoms with Crippen LogP contribution >= 0.6 is 0 Å². The number of nitriles is 1. The number of nitro benzene ring substituents is 1. The van der Waals surface area contributed by atoms with E-state index in [4.69, 9.17) is 14.7 Å². The predicted molar refractivity (Wildman–Crippen MR) is 59.9 cm³/mol. The number of nitrogens with zero attached hydrogens (tertiary/aromatic N) is 2. The van der Waals surface area contributed by atoms with E-state index >= 15 is 0 Å². The Morgan fingerprint density at radius 3 is 2.39 bits per heavy atom. The summed E-state index contributed by atoms with van der Waals surface area (Å²) in [6, 6.07) is 6.68. The van der Waals surface area contributed by atoms with Gasteiger partial charge in [-0.05, 0) is 26.0 Å². The number of ether oxygens (including phenoxy) is 2. The highest BCUT2D eigenvalue weighted by atomic mass is 16.7. The first-order valence-electron chi connectivity index (χ1n) is 4.90. The molecule has 0 saturated heterocycles. The molecule has 7 nitrogen and oxygen atoms in total. The molecule has 0 saturated carbocycles. The molecule has 0 bridgehead atoms. The van der Waals surface area contributed by atoms with Gasteiger partial charge in [-0.25, -0.2) is 4.79 Å². The quantitative estimate of drug-likeness (QED) is 0.353. The van der Waals surface area contributed by atoms with Crippen molar-refractivity contribution < 1.29 is 19.2 Å². The molecule has 1 aromatic carbocycles. The topological polar surface area (TPSA) is 102 Å². The second-order valence-corrected chi connectivity index (χ2v) is 3.83. The molecule has 7 heteroatoms.